The van der Waals surface area contributed by atoms with E-state index in [1.807, 2.05) is 11.3 Å². The summed E-state index contributed by atoms with van der Waals surface area (Å²) in [4.78, 5) is 1.54. The average Bonchev–Trinajstić information content (AvgIpc) is 3.01. The molecule has 2 atom stereocenters. The zero-order chi connectivity index (χ0) is 14.7. The van der Waals surface area contributed by atoms with Crippen LogP contribution in [0, 0.1) is 0 Å². The average molecular weight is 299 g/mol. The van der Waals surface area contributed by atoms with Crippen LogP contribution in [0.25, 0.3) is 0 Å². The van der Waals surface area contributed by atoms with Crippen LogP contribution >= 0.6 is 11.3 Å². The van der Waals surface area contributed by atoms with Crippen LogP contribution < -0.4 is 5.32 Å². The molecule has 2 unspecified atom stereocenters. The first-order valence-electron chi connectivity index (χ1n) is 8.14. The van der Waals surface area contributed by atoms with Crippen molar-refractivity contribution >= 4 is 11.3 Å². The Labute approximate surface area is 132 Å². The third-order valence-electron chi connectivity index (χ3n) is 4.84. The first-order valence-corrected chi connectivity index (χ1v) is 9.02. The number of aryl methyl sites for hydroxylation is 2. The normalized spacial score (nSPS) is 19.2. The number of fused-ring (bicyclic) bond motifs is 1. The van der Waals surface area contributed by atoms with Crippen molar-refractivity contribution in [3.8, 4) is 0 Å². The monoisotopic (exact) mass is 299 g/mol. The molecule has 2 aromatic rings. The largest absolute Gasteiger partial charge is 0.312 e. The molecule has 0 spiro atoms. The van der Waals surface area contributed by atoms with Gasteiger partial charge in [-0.3, -0.25) is 0 Å². The fourth-order valence-electron chi connectivity index (χ4n) is 3.69. The number of hydrogen-bond donors (Lipinski definition) is 1. The van der Waals surface area contributed by atoms with E-state index in [2.05, 4.69) is 55.0 Å². The molecule has 0 saturated carbocycles. The maximum Gasteiger partial charge on any atom is 0.0420 e. The van der Waals surface area contributed by atoms with Crippen molar-refractivity contribution in [3.05, 3.63) is 57.3 Å². The molecule has 112 valence electrons. The van der Waals surface area contributed by atoms with E-state index < -0.39 is 0 Å². The van der Waals surface area contributed by atoms with Crippen LogP contribution in [0.15, 0.2) is 35.7 Å². The third-order valence-corrected chi connectivity index (χ3v) is 5.91. The lowest BCUT2D eigenvalue weighted by Crippen LogP contribution is -2.21. The van der Waals surface area contributed by atoms with E-state index in [4.69, 9.17) is 0 Å². The highest BCUT2D eigenvalue weighted by atomic mass is 32.1. The van der Waals surface area contributed by atoms with Gasteiger partial charge in [-0.1, -0.05) is 31.2 Å². The van der Waals surface area contributed by atoms with Gasteiger partial charge in [0.15, 0.2) is 0 Å². The molecule has 1 heterocycles. The number of rotatable bonds is 5. The van der Waals surface area contributed by atoms with Gasteiger partial charge in [0, 0.05) is 10.9 Å². The lowest BCUT2D eigenvalue weighted by Gasteiger charge is -2.29. The molecule has 1 aliphatic carbocycles. The van der Waals surface area contributed by atoms with Crippen LogP contribution in [-0.2, 0) is 12.8 Å². The van der Waals surface area contributed by atoms with Crippen molar-refractivity contribution in [2.45, 2.75) is 51.0 Å². The lowest BCUT2D eigenvalue weighted by atomic mass is 9.79. The predicted molar refractivity (Wildman–Crippen MR) is 92.2 cm³/mol. The summed E-state index contributed by atoms with van der Waals surface area (Å²) in [5.41, 5.74) is 4.69. The van der Waals surface area contributed by atoms with Crippen molar-refractivity contribution in [3.63, 3.8) is 0 Å². The molecule has 0 amide bonds. The Morgan fingerprint density at radius 1 is 1.29 bits per heavy atom. The first kappa shape index (κ1) is 14.8. The quantitative estimate of drug-likeness (QED) is 0.811. The Bertz CT molecular complexity index is 587. The second-order valence-corrected chi connectivity index (χ2v) is 6.98. The Hall–Kier alpha value is -1.12. The van der Waals surface area contributed by atoms with Crippen LogP contribution in [0.2, 0.25) is 0 Å². The molecule has 1 aromatic heterocycles. The van der Waals surface area contributed by atoms with E-state index in [-0.39, 0.29) is 0 Å². The van der Waals surface area contributed by atoms with Gasteiger partial charge in [-0.25, -0.2) is 0 Å². The topological polar surface area (TPSA) is 12.0 Å². The summed E-state index contributed by atoms with van der Waals surface area (Å²) in [6.45, 7) is 2.26. The highest BCUT2D eigenvalue weighted by Gasteiger charge is 2.24. The van der Waals surface area contributed by atoms with Crippen LogP contribution in [0.1, 0.15) is 59.7 Å². The Morgan fingerprint density at radius 2 is 2.14 bits per heavy atom. The standard InChI is InChI=1S/C19H25NS/c1-3-14-11-12-21-19(14)18(20-2)13-16-9-6-8-15-7-4-5-10-17(15)16/h4-5,7,10-12,16,18,20H,3,6,8-9,13H2,1-2H3. The third kappa shape index (κ3) is 3.07. The summed E-state index contributed by atoms with van der Waals surface area (Å²) >= 11 is 1.91. The molecule has 1 aliphatic rings. The molecule has 0 radical (unpaired) electrons. The van der Waals surface area contributed by atoms with E-state index in [1.54, 1.807) is 16.0 Å². The van der Waals surface area contributed by atoms with E-state index >= 15 is 0 Å². The smallest absolute Gasteiger partial charge is 0.0420 e. The second kappa shape index (κ2) is 6.76. The summed E-state index contributed by atoms with van der Waals surface area (Å²) in [7, 11) is 2.11. The lowest BCUT2D eigenvalue weighted by molar-refractivity contribution is 0.442. The van der Waals surface area contributed by atoms with Crippen LogP contribution in [0.5, 0.6) is 0 Å². The van der Waals surface area contributed by atoms with Gasteiger partial charge < -0.3 is 5.32 Å². The van der Waals surface area contributed by atoms with Gasteiger partial charge in [0.05, 0.1) is 0 Å². The highest BCUT2D eigenvalue weighted by Crippen LogP contribution is 2.39. The summed E-state index contributed by atoms with van der Waals surface area (Å²) < 4.78 is 0. The molecule has 0 fully saturated rings. The SMILES string of the molecule is CCc1ccsc1C(CC1CCCc2ccccc21)NC. The molecule has 3 rings (SSSR count). The zero-order valence-corrected chi connectivity index (χ0v) is 13.9. The van der Waals surface area contributed by atoms with Gasteiger partial charge in [-0.15, -0.1) is 11.3 Å². The second-order valence-electron chi connectivity index (χ2n) is 6.03. The molecular weight excluding hydrogens is 274 g/mol. The number of nitrogens with one attached hydrogen (secondary N) is 1. The van der Waals surface area contributed by atoms with Gasteiger partial charge in [-0.2, -0.15) is 0 Å². The number of hydrogen-bond acceptors (Lipinski definition) is 2. The van der Waals surface area contributed by atoms with E-state index in [0.29, 0.717) is 12.0 Å². The fraction of sp³-hybridized carbons (Fsp3) is 0.474. The zero-order valence-electron chi connectivity index (χ0n) is 13.1. The van der Waals surface area contributed by atoms with Crippen LogP contribution in [0.4, 0.5) is 0 Å². The van der Waals surface area contributed by atoms with E-state index in [0.717, 1.165) is 6.42 Å². The molecule has 0 aliphatic heterocycles. The molecule has 0 saturated heterocycles. The van der Waals surface area contributed by atoms with Crippen molar-refractivity contribution in [1.82, 2.24) is 5.32 Å². The Morgan fingerprint density at radius 3 is 2.95 bits per heavy atom. The molecule has 1 N–H and O–H groups in total. The summed E-state index contributed by atoms with van der Waals surface area (Å²) in [5, 5.41) is 5.81. The van der Waals surface area contributed by atoms with Crippen LogP contribution in [-0.4, -0.2) is 7.05 Å². The predicted octanol–water partition coefficient (Wildman–Crippen LogP) is 5.08. The first-order chi connectivity index (χ1) is 10.3. The van der Waals surface area contributed by atoms with E-state index in [9.17, 15) is 0 Å². The molecule has 0 bridgehead atoms. The van der Waals surface area contributed by atoms with Gasteiger partial charge >= 0.3 is 0 Å². The summed E-state index contributed by atoms with van der Waals surface area (Å²) in [5.74, 6) is 0.708. The van der Waals surface area contributed by atoms with E-state index in [1.165, 1.54) is 31.2 Å². The van der Waals surface area contributed by atoms with Gasteiger partial charge in [0.2, 0.25) is 0 Å². The maximum absolute atomic E-state index is 3.57. The molecule has 21 heavy (non-hydrogen) atoms. The van der Waals surface area contributed by atoms with Crippen molar-refractivity contribution in [2.75, 3.05) is 7.05 Å². The minimum atomic E-state index is 0.496. The van der Waals surface area contributed by atoms with Crippen molar-refractivity contribution < 1.29 is 0 Å². The Balaban J connectivity index is 1.82. The minimum Gasteiger partial charge on any atom is -0.312 e. The summed E-state index contributed by atoms with van der Waals surface area (Å²) in [6, 6.07) is 11.8. The molecule has 2 heteroatoms. The fourth-order valence-corrected chi connectivity index (χ4v) is 4.81. The van der Waals surface area contributed by atoms with Gasteiger partial charge in [0.1, 0.15) is 0 Å². The molecule has 1 aromatic carbocycles. The maximum atomic E-state index is 3.57. The molecule has 1 nitrogen and oxygen atoms in total. The number of benzene rings is 1. The van der Waals surface area contributed by atoms with Gasteiger partial charge in [-0.05, 0) is 73.2 Å². The van der Waals surface area contributed by atoms with Crippen molar-refractivity contribution in [1.29, 1.82) is 0 Å². The highest BCUT2D eigenvalue weighted by molar-refractivity contribution is 7.10. The number of thiophene rings is 1. The van der Waals surface area contributed by atoms with Crippen molar-refractivity contribution in [2.24, 2.45) is 0 Å². The summed E-state index contributed by atoms with van der Waals surface area (Å²) in [6.07, 6.45) is 6.29. The minimum absolute atomic E-state index is 0.496. The Kier molecular flexibility index (Phi) is 4.77. The van der Waals surface area contributed by atoms with Crippen LogP contribution in [0.3, 0.4) is 0 Å². The molecular formula is C19H25NS. The van der Waals surface area contributed by atoms with Gasteiger partial charge in [0.25, 0.3) is 0 Å².